The number of benzene rings is 2. The molecular weight excluding hydrogens is 250 g/mol. The summed E-state index contributed by atoms with van der Waals surface area (Å²) in [7, 11) is 3.51. The van der Waals surface area contributed by atoms with Gasteiger partial charge in [-0.3, -0.25) is 0 Å². The average Bonchev–Trinajstić information content (AvgIpc) is 2.48. The van der Waals surface area contributed by atoms with Crippen LogP contribution in [0.3, 0.4) is 0 Å². The van der Waals surface area contributed by atoms with Gasteiger partial charge in [0, 0.05) is 21.7 Å². The Bertz CT molecular complexity index is 712. The number of para-hydroxylation sites is 2. The minimum absolute atomic E-state index is 0.617. The smallest absolute Gasteiger partial charge is 0.219 e. The molecule has 0 saturated carbocycles. The maximum absolute atomic E-state index is 5.87. The van der Waals surface area contributed by atoms with Crippen LogP contribution in [0.25, 0.3) is 10.9 Å². The highest BCUT2D eigenvalue weighted by Crippen LogP contribution is 2.25. The van der Waals surface area contributed by atoms with Crippen molar-refractivity contribution in [2.45, 2.75) is 6.04 Å². The molecule has 1 aromatic heterocycles. The molecule has 0 aliphatic rings. The Labute approximate surface area is 115 Å². The molecule has 1 heterocycles. The van der Waals surface area contributed by atoms with Crippen molar-refractivity contribution >= 4 is 21.1 Å². The summed E-state index contributed by atoms with van der Waals surface area (Å²) in [6, 6.07) is 20.6. The van der Waals surface area contributed by atoms with E-state index in [1.165, 1.54) is 0 Å². The monoisotopic (exact) mass is 262 g/mol. The van der Waals surface area contributed by atoms with Crippen molar-refractivity contribution in [2.24, 2.45) is 0 Å². The van der Waals surface area contributed by atoms with Crippen molar-refractivity contribution < 1.29 is 4.74 Å². The molecule has 0 unspecified atom stereocenters. The fourth-order valence-electron chi connectivity index (χ4n) is 1.97. The first-order valence-electron chi connectivity index (χ1n) is 6.13. The Morgan fingerprint density at radius 2 is 1.68 bits per heavy atom. The maximum atomic E-state index is 5.87. The molecule has 19 heavy (non-hydrogen) atoms. The van der Waals surface area contributed by atoms with Gasteiger partial charge in [0.1, 0.15) is 5.75 Å². The molecule has 3 heteroatoms. The van der Waals surface area contributed by atoms with E-state index in [0.29, 0.717) is 5.88 Å². The molecule has 0 atom stereocenters. The third kappa shape index (κ3) is 2.51. The molecule has 0 spiro atoms. The van der Waals surface area contributed by atoms with Gasteiger partial charge in [-0.25, -0.2) is 4.98 Å². The third-order valence-electron chi connectivity index (χ3n) is 2.95. The lowest BCUT2D eigenvalue weighted by Crippen LogP contribution is -1.93. The van der Waals surface area contributed by atoms with Gasteiger partial charge in [-0.1, -0.05) is 36.4 Å². The number of rotatable bonds is 3. The first kappa shape index (κ1) is 11.9. The Kier molecular flexibility index (Phi) is 3.29. The number of fused-ring (bicyclic) bond motifs is 1. The summed E-state index contributed by atoms with van der Waals surface area (Å²) in [5.74, 6) is 1.45. The Morgan fingerprint density at radius 3 is 2.58 bits per heavy atom. The summed E-state index contributed by atoms with van der Waals surface area (Å²) < 4.78 is 5.87. The highest BCUT2D eigenvalue weighted by molar-refractivity contribution is 6.08. The molecule has 3 aromatic rings. The van der Waals surface area contributed by atoms with Crippen LogP contribution in [0.4, 0.5) is 0 Å². The average molecular weight is 262 g/mol. The quantitative estimate of drug-likeness (QED) is 0.671. The van der Waals surface area contributed by atoms with E-state index in [4.69, 9.17) is 4.74 Å². The number of nitrogens with zero attached hydrogens (tertiary/aromatic N) is 1. The molecule has 3 radical (unpaired) electrons. The topological polar surface area (TPSA) is 22.1 Å². The standard InChI is InChI=1S/C16H12NOSi/c19-11-13-6-2-4-8-15(13)18-16-10-9-12-5-1-3-7-14(12)17-16/h1-10H,11H2. The van der Waals surface area contributed by atoms with E-state index >= 15 is 0 Å². The number of hydrogen-bond donors (Lipinski definition) is 0. The molecule has 3 rings (SSSR count). The fourth-order valence-corrected chi connectivity index (χ4v) is 2.26. The second kappa shape index (κ2) is 5.24. The molecule has 0 fully saturated rings. The van der Waals surface area contributed by atoms with Crippen molar-refractivity contribution in [3.05, 3.63) is 66.2 Å². The summed E-state index contributed by atoms with van der Waals surface area (Å²) >= 11 is 0. The van der Waals surface area contributed by atoms with E-state index in [9.17, 15) is 0 Å². The van der Waals surface area contributed by atoms with Gasteiger partial charge in [-0.05, 0) is 29.8 Å². The van der Waals surface area contributed by atoms with Crippen molar-refractivity contribution in [1.82, 2.24) is 4.98 Å². The van der Waals surface area contributed by atoms with Crippen molar-refractivity contribution in [2.75, 3.05) is 0 Å². The van der Waals surface area contributed by atoms with E-state index in [1.807, 2.05) is 60.7 Å². The lowest BCUT2D eigenvalue weighted by atomic mass is 10.2. The summed E-state index contributed by atoms with van der Waals surface area (Å²) in [4.78, 5) is 4.51. The van der Waals surface area contributed by atoms with Gasteiger partial charge in [0.05, 0.1) is 5.52 Å². The molecule has 0 aliphatic heterocycles. The van der Waals surface area contributed by atoms with Gasteiger partial charge in [0.25, 0.3) is 0 Å². The van der Waals surface area contributed by atoms with Gasteiger partial charge in [0.15, 0.2) is 0 Å². The predicted octanol–water partition coefficient (Wildman–Crippen LogP) is 3.70. The molecular formula is C16H12NOSi. The van der Waals surface area contributed by atoms with Crippen LogP contribution in [0.1, 0.15) is 5.56 Å². The zero-order valence-electron chi connectivity index (χ0n) is 10.3. The van der Waals surface area contributed by atoms with Gasteiger partial charge in [-0.2, -0.15) is 0 Å². The van der Waals surface area contributed by atoms with Crippen LogP contribution in [-0.4, -0.2) is 15.2 Å². The highest BCUT2D eigenvalue weighted by Gasteiger charge is 2.04. The van der Waals surface area contributed by atoms with Gasteiger partial charge < -0.3 is 4.74 Å². The summed E-state index contributed by atoms with van der Waals surface area (Å²) in [5.41, 5.74) is 2.05. The van der Waals surface area contributed by atoms with E-state index in [1.54, 1.807) is 0 Å². The van der Waals surface area contributed by atoms with Crippen LogP contribution in [0, 0.1) is 0 Å². The second-order valence-electron chi connectivity index (χ2n) is 4.23. The zero-order chi connectivity index (χ0) is 13.1. The number of hydrogen-bond acceptors (Lipinski definition) is 2. The number of ether oxygens (including phenoxy) is 1. The molecule has 2 aromatic carbocycles. The van der Waals surface area contributed by atoms with E-state index in [2.05, 4.69) is 15.2 Å². The fraction of sp³-hybridized carbons (Fsp3) is 0.0625. The molecule has 0 aliphatic carbocycles. The summed E-state index contributed by atoms with van der Waals surface area (Å²) in [5, 5.41) is 1.11. The second-order valence-corrected chi connectivity index (χ2v) is 4.58. The molecule has 0 saturated heterocycles. The van der Waals surface area contributed by atoms with Gasteiger partial charge in [0.2, 0.25) is 5.88 Å². The third-order valence-corrected chi connectivity index (χ3v) is 3.33. The predicted molar refractivity (Wildman–Crippen MR) is 77.7 cm³/mol. The Morgan fingerprint density at radius 1 is 0.895 bits per heavy atom. The summed E-state index contributed by atoms with van der Waals surface area (Å²) in [6.45, 7) is 0. The van der Waals surface area contributed by atoms with Crippen LogP contribution in [0.2, 0.25) is 0 Å². The van der Waals surface area contributed by atoms with E-state index < -0.39 is 0 Å². The van der Waals surface area contributed by atoms with Crippen LogP contribution in [0.15, 0.2) is 60.7 Å². The van der Waals surface area contributed by atoms with Crippen LogP contribution in [-0.2, 0) is 6.04 Å². The zero-order valence-corrected chi connectivity index (χ0v) is 11.3. The number of aromatic nitrogens is 1. The van der Waals surface area contributed by atoms with Crippen molar-refractivity contribution in [3.8, 4) is 11.6 Å². The van der Waals surface area contributed by atoms with E-state index in [0.717, 1.165) is 28.3 Å². The molecule has 0 bridgehead atoms. The highest BCUT2D eigenvalue weighted by atomic mass is 28.1. The van der Waals surface area contributed by atoms with Crippen LogP contribution in [0.5, 0.6) is 11.6 Å². The minimum atomic E-state index is 0.617. The first-order valence-corrected chi connectivity index (χ1v) is 6.84. The Balaban J connectivity index is 1.96. The molecule has 91 valence electrons. The van der Waals surface area contributed by atoms with Gasteiger partial charge in [-0.15, -0.1) is 0 Å². The first-order chi connectivity index (χ1) is 9.36. The minimum Gasteiger partial charge on any atom is -0.439 e. The maximum Gasteiger partial charge on any atom is 0.219 e. The normalized spacial score (nSPS) is 10.6. The van der Waals surface area contributed by atoms with Crippen molar-refractivity contribution in [3.63, 3.8) is 0 Å². The SMILES string of the molecule is [Si]Cc1ccccc1Oc1ccc2ccccc2n1. The van der Waals surface area contributed by atoms with Crippen LogP contribution < -0.4 is 4.74 Å². The van der Waals surface area contributed by atoms with Crippen LogP contribution >= 0.6 is 0 Å². The molecule has 2 nitrogen and oxygen atoms in total. The molecule has 0 N–H and O–H groups in total. The lowest BCUT2D eigenvalue weighted by molar-refractivity contribution is 0.461. The molecule has 0 amide bonds. The largest absolute Gasteiger partial charge is 0.439 e. The Hall–Kier alpha value is -2.13. The number of pyridine rings is 1. The van der Waals surface area contributed by atoms with E-state index in [-0.39, 0.29) is 0 Å². The van der Waals surface area contributed by atoms with Gasteiger partial charge >= 0.3 is 0 Å². The lowest BCUT2D eigenvalue weighted by Gasteiger charge is -2.09. The summed E-state index contributed by atoms with van der Waals surface area (Å²) in [6.07, 6.45) is 0. The van der Waals surface area contributed by atoms with Crippen molar-refractivity contribution in [1.29, 1.82) is 0 Å².